The van der Waals surface area contributed by atoms with Crippen LogP contribution in [0.2, 0.25) is 0 Å². The number of hydrogen-bond acceptors (Lipinski definition) is 2. The van der Waals surface area contributed by atoms with Gasteiger partial charge in [0.05, 0.1) is 0 Å². The van der Waals surface area contributed by atoms with Crippen LogP contribution in [-0.4, -0.2) is 23.6 Å². The molecular weight excluding hydrogens is 163 g/mol. The monoisotopic (exact) mass is 172 g/mol. The number of urea groups is 1. The molecule has 1 heterocycles. The van der Waals surface area contributed by atoms with Crippen LogP contribution in [0.4, 0.5) is 9.18 Å². The highest BCUT2D eigenvalue weighted by atomic mass is 19.1. The number of carbonyl (C=O) groups excluding carboxylic acids is 2. The number of alkyl halides is 1. The Hall–Kier alpha value is -1.13. The summed E-state index contributed by atoms with van der Waals surface area (Å²) >= 11 is 0. The van der Waals surface area contributed by atoms with Gasteiger partial charge < -0.3 is 5.32 Å². The fourth-order valence-corrected chi connectivity index (χ4v) is 1.86. The maximum atomic E-state index is 13.2. The topological polar surface area (TPSA) is 58.2 Å². The first-order valence-corrected chi connectivity index (χ1v) is 3.93. The van der Waals surface area contributed by atoms with E-state index in [0.717, 1.165) is 0 Å². The molecule has 2 fully saturated rings. The number of hydrogen-bond donors (Lipinski definition) is 2. The second-order valence-corrected chi connectivity index (χ2v) is 3.24. The lowest BCUT2D eigenvalue weighted by Crippen LogP contribution is -2.51. The Kier molecular flexibility index (Phi) is 1.37. The molecule has 1 saturated heterocycles. The van der Waals surface area contributed by atoms with E-state index in [0.29, 0.717) is 19.3 Å². The van der Waals surface area contributed by atoms with Crippen LogP contribution in [-0.2, 0) is 4.79 Å². The Bertz CT molecular complexity index is 256. The fraction of sp³-hybridized carbons (Fsp3) is 0.714. The molecule has 2 atom stereocenters. The van der Waals surface area contributed by atoms with Gasteiger partial charge in [-0.25, -0.2) is 9.18 Å². The minimum Gasteiger partial charge on any atom is -0.321 e. The minimum absolute atomic E-state index is 0.355. The van der Waals surface area contributed by atoms with Crippen molar-refractivity contribution in [2.24, 2.45) is 0 Å². The zero-order chi connectivity index (χ0) is 8.77. The second kappa shape index (κ2) is 2.18. The van der Waals surface area contributed by atoms with E-state index in [1.165, 1.54) is 0 Å². The average molecular weight is 172 g/mol. The average Bonchev–Trinajstić information content (AvgIpc) is 2.44. The number of carbonyl (C=O) groups is 2. The van der Waals surface area contributed by atoms with Crippen molar-refractivity contribution in [2.45, 2.75) is 31.0 Å². The summed E-state index contributed by atoms with van der Waals surface area (Å²) in [6.45, 7) is 0. The van der Waals surface area contributed by atoms with Gasteiger partial charge >= 0.3 is 6.03 Å². The fourth-order valence-electron chi connectivity index (χ4n) is 1.86. The van der Waals surface area contributed by atoms with E-state index < -0.39 is 23.6 Å². The highest BCUT2D eigenvalue weighted by Gasteiger charge is 2.55. The highest BCUT2D eigenvalue weighted by Crippen LogP contribution is 2.34. The molecule has 0 aromatic heterocycles. The minimum atomic E-state index is -1.24. The normalized spacial score (nSPS) is 40.2. The van der Waals surface area contributed by atoms with Gasteiger partial charge in [0, 0.05) is 0 Å². The third-order valence-corrected chi connectivity index (χ3v) is 2.53. The summed E-state index contributed by atoms with van der Waals surface area (Å²) in [6.07, 6.45) is 0.179. The van der Waals surface area contributed by atoms with Gasteiger partial charge in [-0.1, -0.05) is 0 Å². The van der Waals surface area contributed by atoms with Crippen molar-refractivity contribution in [3.05, 3.63) is 0 Å². The first-order chi connectivity index (χ1) is 5.65. The van der Waals surface area contributed by atoms with E-state index in [9.17, 15) is 14.0 Å². The van der Waals surface area contributed by atoms with Gasteiger partial charge in [-0.05, 0) is 19.3 Å². The van der Waals surface area contributed by atoms with Gasteiger partial charge in [0.2, 0.25) is 0 Å². The molecule has 1 aliphatic heterocycles. The van der Waals surface area contributed by atoms with E-state index in [-0.39, 0.29) is 0 Å². The van der Waals surface area contributed by atoms with Crippen molar-refractivity contribution < 1.29 is 14.0 Å². The molecule has 12 heavy (non-hydrogen) atoms. The van der Waals surface area contributed by atoms with Gasteiger partial charge in [-0.3, -0.25) is 10.1 Å². The van der Waals surface area contributed by atoms with Crippen molar-refractivity contribution >= 4 is 11.9 Å². The van der Waals surface area contributed by atoms with Crippen LogP contribution in [0.1, 0.15) is 19.3 Å². The molecule has 0 aromatic rings. The molecule has 1 spiro atoms. The van der Waals surface area contributed by atoms with Crippen molar-refractivity contribution in [2.75, 3.05) is 0 Å². The zero-order valence-corrected chi connectivity index (χ0v) is 6.39. The first-order valence-electron chi connectivity index (χ1n) is 3.93. The van der Waals surface area contributed by atoms with Crippen LogP contribution in [0.3, 0.4) is 0 Å². The van der Waals surface area contributed by atoms with Gasteiger partial charge in [0.1, 0.15) is 6.17 Å². The van der Waals surface area contributed by atoms with Gasteiger partial charge in [0.25, 0.3) is 5.91 Å². The molecule has 0 radical (unpaired) electrons. The number of nitrogens with one attached hydrogen (secondary N) is 2. The summed E-state index contributed by atoms with van der Waals surface area (Å²) in [5, 5.41) is 4.41. The summed E-state index contributed by atoms with van der Waals surface area (Å²) in [7, 11) is 0. The van der Waals surface area contributed by atoms with Gasteiger partial charge in [-0.15, -0.1) is 0 Å². The maximum Gasteiger partial charge on any atom is 0.322 e. The maximum absolute atomic E-state index is 13.2. The zero-order valence-electron chi connectivity index (χ0n) is 6.39. The summed E-state index contributed by atoms with van der Waals surface area (Å²) < 4.78 is 13.2. The molecule has 2 N–H and O–H groups in total. The van der Waals surface area contributed by atoms with Gasteiger partial charge in [0.15, 0.2) is 5.54 Å². The third-order valence-electron chi connectivity index (χ3n) is 2.53. The van der Waals surface area contributed by atoms with E-state index in [1.54, 1.807) is 0 Å². The number of rotatable bonds is 0. The second-order valence-electron chi connectivity index (χ2n) is 3.24. The van der Waals surface area contributed by atoms with Crippen LogP contribution in [0, 0.1) is 0 Å². The van der Waals surface area contributed by atoms with Crippen molar-refractivity contribution in [3.63, 3.8) is 0 Å². The van der Waals surface area contributed by atoms with Crippen LogP contribution in [0.25, 0.3) is 0 Å². The predicted molar refractivity (Wildman–Crippen MR) is 38.2 cm³/mol. The standard InChI is InChI=1S/C7H9FN2O2/c8-4-2-1-3-7(4)5(11)9-6(12)10-7/h4H,1-3H2,(H2,9,10,11,12)/t4-,7-/m0/s1. The van der Waals surface area contributed by atoms with Crippen molar-refractivity contribution in [1.29, 1.82) is 0 Å². The summed E-state index contributed by atoms with van der Waals surface area (Å²) in [5.74, 6) is -0.516. The molecule has 1 saturated carbocycles. The van der Waals surface area contributed by atoms with E-state index in [4.69, 9.17) is 0 Å². The Morgan fingerprint density at radius 1 is 1.50 bits per heavy atom. The Labute approximate surface area is 68.5 Å². The molecule has 0 aromatic carbocycles. The summed E-state index contributed by atoms with van der Waals surface area (Å²) in [5.41, 5.74) is -1.24. The molecule has 2 aliphatic rings. The van der Waals surface area contributed by atoms with E-state index in [1.807, 2.05) is 0 Å². The summed E-state index contributed by atoms with van der Waals surface area (Å²) in [4.78, 5) is 21.9. The SMILES string of the molecule is O=C1NC(=O)[C@@]2(CCC[C@@H]2F)N1. The van der Waals surface area contributed by atoms with Crippen LogP contribution in [0.5, 0.6) is 0 Å². The predicted octanol–water partition coefficient (Wildman–Crippen LogP) is 0.0866. The largest absolute Gasteiger partial charge is 0.322 e. The highest BCUT2D eigenvalue weighted by molar-refractivity contribution is 6.07. The van der Waals surface area contributed by atoms with Crippen molar-refractivity contribution in [3.8, 4) is 0 Å². The molecule has 5 heteroatoms. The quantitative estimate of drug-likeness (QED) is 0.508. The molecule has 2 rings (SSSR count). The lowest BCUT2D eigenvalue weighted by atomic mass is 9.97. The lowest BCUT2D eigenvalue weighted by Gasteiger charge is -2.21. The summed E-state index contributed by atoms with van der Waals surface area (Å²) in [6, 6.07) is -0.579. The molecule has 66 valence electrons. The lowest BCUT2D eigenvalue weighted by molar-refractivity contribution is -0.125. The number of amides is 3. The number of halogens is 1. The molecule has 3 amide bonds. The molecule has 0 unspecified atom stereocenters. The molecule has 4 nitrogen and oxygen atoms in total. The molecule has 0 bridgehead atoms. The Morgan fingerprint density at radius 3 is 2.67 bits per heavy atom. The van der Waals surface area contributed by atoms with Crippen molar-refractivity contribution in [1.82, 2.24) is 10.6 Å². The smallest absolute Gasteiger partial charge is 0.321 e. The third kappa shape index (κ3) is 0.761. The van der Waals surface area contributed by atoms with Crippen LogP contribution >= 0.6 is 0 Å². The first kappa shape index (κ1) is 7.52. The van der Waals surface area contributed by atoms with Crippen LogP contribution < -0.4 is 10.6 Å². The Balaban J connectivity index is 2.31. The molecule has 1 aliphatic carbocycles. The van der Waals surface area contributed by atoms with Crippen LogP contribution in [0.15, 0.2) is 0 Å². The number of imide groups is 1. The van der Waals surface area contributed by atoms with Gasteiger partial charge in [-0.2, -0.15) is 0 Å². The van der Waals surface area contributed by atoms with E-state index >= 15 is 0 Å². The van der Waals surface area contributed by atoms with E-state index in [2.05, 4.69) is 10.6 Å². The molecular formula is C7H9FN2O2. The Morgan fingerprint density at radius 2 is 2.25 bits per heavy atom.